The first-order valence-corrected chi connectivity index (χ1v) is 18.4. The number of aromatic nitrogens is 2. The fourth-order valence-corrected chi connectivity index (χ4v) is 9.12. The first kappa shape index (κ1) is 33.3. The third-order valence-electron chi connectivity index (χ3n) is 8.74. The molecule has 2 atom stereocenters. The van der Waals surface area contributed by atoms with Crippen molar-refractivity contribution >= 4 is 25.3 Å². The number of benzene rings is 2. The van der Waals surface area contributed by atoms with E-state index in [1.807, 2.05) is 76.5 Å². The molecule has 0 aliphatic rings. The molecule has 44 heavy (non-hydrogen) atoms. The van der Waals surface area contributed by atoms with Gasteiger partial charge in [-0.2, -0.15) is 0 Å². The zero-order valence-electron chi connectivity index (χ0n) is 27.6. The predicted octanol–water partition coefficient (Wildman–Crippen LogP) is 9.05. The number of fused-ring (bicyclic) bond motifs is 1. The summed E-state index contributed by atoms with van der Waals surface area (Å²) in [4.78, 5) is 23.7. The molecule has 1 amide bonds. The Balaban J connectivity index is 1.96. The molecule has 7 nitrogen and oxygen atoms in total. The Morgan fingerprint density at radius 1 is 0.955 bits per heavy atom. The maximum Gasteiger partial charge on any atom is 0.410 e. The van der Waals surface area contributed by atoms with Crippen LogP contribution in [0.2, 0.25) is 18.1 Å². The smallest absolute Gasteiger partial charge is 0.410 e. The van der Waals surface area contributed by atoms with Crippen molar-refractivity contribution in [3.63, 3.8) is 0 Å². The highest BCUT2D eigenvalue weighted by atomic mass is 28.4. The molecular weight excluding hydrogens is 566 g/mol. The van der Waals surface area contributed by atoms with Gasteiger partial charge in [0, 0.05) is 41.6 Å². The summed E-state index contributed by atoms with van der Waals surface area (Å²) in [7, 11) is -2.31. The second-order valence-electron chi connectivity index (χ2n) is 12.4. The average Bonchev–Trinajstić information content (AvgIpc) is 3.47. The second-order valence-corrected chi connectivity index (χ2v) is 17.1. The van der Waals surface area contributed by atoms with Gasteiger partial charge in [0.2, 0.25) is 0 Å². The predicted molar refractivity (Wildman–Crippen MR) is 180 cm³/mol. The molecule has 0 fully saturated rings. The number of aromatic amines is 1. The van der Waals surface area contributed by atoms with Gasteiger partial charge in [-0.3, -0.25) is 4.98 Å². The van der Waals surface area contributed by atoms with Gasteiger partial charge in [-0.1, -0.05) is 69.3 Å². The van der Waals surface area contributed by atoms with Crippen LogP contribution in [-0.4, -0.2) is 47.5 Å². The maximum atomic E-state index is 13.8. The SMILES string of the molecule is CCN(C(=O)OC(C)(C)C)[C@H](C)[C@](O[Si](CC)(CC)CC)(c1cccnc1)c1c[nH]c2c(OCc3ccccc3)cccc12. The van der Waals surface area contributed by atoms with Crippen molar-refractivity contribution in [3.8, 4) is 5.75 Å². The van der Waals surface area contributed by atoms with Crippen molar-refractivity contribution in [1.29, 1.82) is 0 Å². The van der Waals surface area contributed by atoms with Gasteiger partial charge in [-0.05, 0) is 70.4 Å². The Kier molecular flexibility index (Phi) is 10.6. The van der Waals surface area contributed by atoms with Crippen LogP contribution in [-0.2, 0) is 21.4 Å². The molecule has 4 aromatic rings. The Bertz CT molecular complexity index is 1490. The first-order chi connectivity index (χ1) is 21.0. The average molecular weight is 616 g/mol. The lowest BCUT2D eigenvalue weighted by Crippen LogP contribution is -2.58. The number of hydrogen-bond acceptors (Lipinski definition) is 5. The summed E-state index contributed by atoms with van der Waals surface area (Å²) in [6.07, 6.45) is 5.33. The van der Waals surface area contributed by atoms with E-state index in [9.17, 15) is 4.79 Å². The molecular formula is C36H49N3O4Si. The molecule has 0 saturated heterocycles. The molecule has 0 unspecified atom stereocenters. The number of amides is 1. The number of carbonyl (C=O) groups is 1. The minimum atomic E-state index is -2.31. The first-order valence-electron chi connectivity index (χ1n) is 15.9. The molecule has 2 aromatic carbocycles. The van der Waals surface area contributed by atoms with E-state index in [2.05, 4.69) is 61.9 Å². The molecule has 0 bridgehead atoms. The lowest BCUT2D eigenvalue weighted by Gasteiger charge is -2.49. The van der Waals surface area contributed by atoms with E-state index in [1.54, 1.807) is 11.1 Å². The minimum Gasteiger partial charge on any atom is -0.487 e. The van der Waals surface area contributed by atoms with Crippen molar-refractivity contribution < 1.29 is 18.7 Å². The number of rotatable bonds is 13. The third kappa shape index (κ3) is 6.86. The van der Waals surface area contributed by atoms with Gasteiger partial charge in [0.15, 0.2) is 8.32 Å². The number of nitrogens with zero attached hydrogens (tertiary/aromatic N) is 2. The largest absolute Gasteiger partial charge is 0.487 e. The molecule has 0 aliphatic carbocycles. The highest BCUT2D eigenvalue weighted by Gasteiger charge is 2.51. The quantitative estimate of drug-likeness (QED) is 0.152. The fourth-order valence-electron chi connectivity index (χ4n) is 6.10. The summed E-state index contributed by atoms with van der Waals surface area (Å²) in [5.41, 5.74) is 2.16. The molecule has 2 heterocycles. The summed E-state index contributed by atoms with van der Waals surface area (Å²) in [6, 6.07) is 22.7. The van der Waals surface area contributed by atoms with Crippen LogP contribution in [0.15, 0.2) is 79.3 Å². The standard InChI is InChI=1S/C36H49N3O4Si/c1-9-39(34(40)42-35(6,7)8)27(5)36(29-20-17-23-37-24-29,43-44(10-2,11-3)12-4)31-25-38-33-30(31)21-16-22-32(33)41-26-28-18-14-13-15-19-28/h13-25,27,38H,9-12,26H2,1-8H3/t27-,36+/m1/s1. The van der Waals surface area contributed by atoms with Crippen LogP contribution in [0.4, 0.5) is 4.79 Å². The number of carbonyl (C=O) groups excluding carboxylic acids is 1. The van der Waals surface area contributed by atoms with Gasteiger partial charge in [-0.15, -0.1) is 0 Å². The Hall–Kier alpha value is -3.62. The number of H-pyrrole nitrogens is 1. The van der Waals surface area contributed by atoms with Crippen molar-refractivity contribution in [1.82, 2.24) is 14.9 Å². The molecule has 0 spiro atoms. The monoisotopic (exact) mass is 615 g/mol. The van der Waals surface area contributed by atoms with Crippen LogP contribution in [0, 0.1) is 0 Å². The zero-order valence-corrected chi connectivity index (χ0v) is 28.6. The lowest BCUT2D eigenvalue weighted by molar-refractivity contribution is -0.0239. The second kappa shape index (κ2) is 14.0. The fraction of sp³-hybridized carbons (Fsp3) is 0.444. The van der Waals surface area contributed by atoms with Gasteiger partial charge in [-0.25, -0.2) is 4.79 Å². The minimum absolute atomic E-state index is 0.368. The van der Waals surface area contributed by atoms with E-state index in [0.717, 1.165) is 51.5 Å². The van der Waals surface area contributed by atoms with Crippen LogP contribution in [0.1, 0.15) is 72.1 Å². The van der Waals surface area contributed by atoms with E-state index < -0.39 is 25.6 Å². The van der Waals surface area contributed by atoms with Crippen molar-refractivity contribution in [2.24, 2.45) is 0 Å². The van der Waals surface area contributed by atoms with Crippen LogP contribution in [0.3, 0.4) is 0 Å². The van der Waals surface area contributed by atoms with Gasteiger partial charge in [0.05, 0.1) is 11.6 Å². The molecule has 0 radical (unpaired) electrons. The molecule has 0 aliphatic heterocycles. The number of pyridine rings is 1. The number of para-hydroxylation sites is 1. The van der Waals surface area contributed by atoms with Gasteiger partial charge >= 0.3 is 6.09 Å². The van der Waals surface area contributed by atoms with Crippen LogP contribution >= 0.6 is 0 Å². The summed E-state index contributed by atoms with van der Waals surface area (Å²) >= 11 is 0. The molecule has 1 N–H and O–H groups in total. The third-order valence-corrected chi connectivity index (χ3v) is 13.4. The number of nitrogens with one attached hydrogen (secondary N) is 1. The van der Waals surface area contributed by atoms with Gasteiger partial charge in [0.1, 0.15) is 23.6 Å². The van der Waals surface area contributed by atoms with Crippen molar-refractivity contribution in [2.75, 3.05) is 6.54 Å². The molecule has 236 valence electrons. The molecule has 4 rings (SSSR count). The number of hydrogen-bond donors (Lipinski definition) is 1. The highest BCUT2D eigenvalue weighted by molar-refractivity contribution is 6.73. The highest BCUT2D eigenvalue weighted by Crippen LogP contribution is 2.47. The Labute approximate surface area is 264 Å². The van der Waals surface area contributed by atoms with E-state index in [4.69, 9.17) is 13.9 Å². The van der Waals surface area contributed by atoms with Crippen molar-refractivity contribution in [2.45, 2.75) is 97.4 Å². The molecule has 2 aromatic heterocycles. The lowest BCUT2D eigenvalue weighted by atomic mass is 9.80. The van der Waals surface area contributed by atoms with E-state index in [0.29, 0.717) is 13.2 Å². The zero-order chi connectivity index (χ0) is 32.0. The topological polar surface area (TPSA) is 76.7 Å². The Morgan fingerprint density at radius 2 is 1.66 bits per heavy atom. The van der Waals surface area contributed by atoms with Gasteiger partial charge in [0.25, 0.3) is 0 Å². The molecule has 0 saturated carbocycles. The van der Waals surface area contributed by atoms with E-state index >= 15 is 0 Å². The van der Waals surface area contributed by atoms with Gasteiger partial charge < -0.3 is 23.8 Å². The van der Waals surface area contributed by atoms with Crippen LogP contribution in [0.25, 0.3) is 10.9 Å². The van der Waals surface area contributed by atoms with E-state index in [1.165, 1.54) is 0 Å². The maximum absolute atomic E-state index is 13.8. The summed E-state index contributed by atoms with van der Waals surface area (Å²) in [5, 5.41) is 0.984. The number of likely N-dealkylation sites (N-methyl/N-ethyl adjacent to an activating group) is 1. The summed E-state index contributed by atoms with van der Waals surface area (Å²) < 4.78 is 20.0. The van der Waals surface area contributed by atoms with Crippen LogP contribution < -0.4 is 4.74 Å². The van der Waals surface area contributed by atoms with Crippen molar-refractivity contribution in [3.05, 3.63) is 95.9 Å². The summed E-state index contributed by atoms with van der Waals surface area (Å²) in [6.45, 7) is 17.4. The van der Waals surface area contributed by atoms with E-state index in [-0.39, 0.29) is 6.09 Å². The normalized spacial score (nSPS) is 14.2. The Morgan fingerprint density at radius 3 is 2.25 bits per heavy atom. The summed E-state index contributed by atoms with van der Waals surface area (Å²) in [5.74, 6) is 0.759. The van der Waals surface area contributed by atoms with Crippen LogP contribution in [0.5, 0.6) is 5.75 Å². The number of ether oxygens (including phenoxy) is 2. The molecule has 8 heteroatoms.